The molecule has 9 nitrogen and oxygen atoms in total. The number of hydrogen-bond donors (Lipinski definition) is 3. The fraction of sp³-hybridized carbons (Fsp3) is 0.435. The average Bonchev–Trinajstić information content (AvgIpc) is 2.79. The van der Waals surface area contributed by atoms with Crippen LogP contribution in [0.1, 0.15) is 36.6 Å². The van der Waals surface area contributed by atoms with Crippen LogP contribution in [0, 0.1) is 10.8 Å². The zero-order valence-electron chi connectivity index (χ0n) is 18.8. The van der Waals surface area contributed by atoms with Crippen molar-refractivity contribution >= 4 is 29.6 Å². The zero-order valence-corrected chi connectivity index (χ0v) is 18.8. The molecule has 170 valence electrons. The Hall–Kier alpha value is -3.17. The lowest BCUT2D eigenvalue weighted by Gasteiger charge is -2.36. The number of benzene rings is 1. The maximum absolute atomic E-state index is 8.77. The Kier molecular flexibility index (Phi) is 8.02. The molecule has 0 spiro atoms. The van der Waals surface area contributed by atoms with Crippen LogP contribution in [0.5, 0.6) is 0 Å². The number of nitrogens with one attached hydrogen (secondary N) is 2. The predicted octanol–water partition coefficient (Wildman–Crippen LogP) is 2.54. The number of nitrogens with two attached hydrogens (primary N) is 1. The van der Waals surface area contributed by atoms with Crippen molar-refractivity contribution in [2.45, 2.75) is 32.0 Å². The van der Waals surface area contributed by atoms with Gasteiger partial charge in [0.05, 0.1) is 42.7 Å². The van der Waals surface area contributed by atoms with Gasteiger partial charge in [-0.3, -0.25) is 10.4 Å². The molecule has 1 aromatic carbocycles. The van der Waals surface area contributed by atoms with Crippen LogP contribution in [-0.4, -0.2) is 73.7 Å². The lowest BCUT2D eigenvalue weighted by molar-refractivity contribution is -0.00546. The van der Waals surface area contributed by atoms with Gasteiger partial charge in [0.2, 0.25) is 0 Å². The summed E-state index contributed by atoms with van der Waals surface area (Å²) in [6.07, 6.45) is 4.72. The first kappa shape index (κ1) is 23.5. The third kappa shape index (κ3) is 5.74. The van der Waals surface area contributed by atoms with E-state index >= 15 is 0 Å². The first-order valence-electron chi connectivity index (χ1n) is 10.6. The number of rotatable bonds is 9. The zero-order chi connectivity index (χ0) is 23.1. The molecular formula is C23H31N7O2. The van der Waals surface area contributed by atoms with Crippen LogP contribution in [-0.2, 0) is 9.47 Å². The Bertz CT molecular complexity index is 969. The van der Waals surface area contributed by atoms with Crippen LogP contribution in [0.15, 0.2) is 35.6 Å². The van der Waals surface area contributed by atoms with E-state index in [0.717, 1.165) is 24.5 Å². The Morgan fingerprint density at radius 2 is 2.06 bits per heavy atom. The molecule has 0 aliphatic carbocycles. The molecule has 32 heavy (non-hydrogen) atoms. The van der Waals surface area contributed by atoms with Crippen molar-refractivity contribution in [1.82, 2.24) is 9.97 Å². The van der Waals surface area contributed by atoms with E-state index in [0.29, 0.717) is 30.1 Å². The maximum Gasteiger partial charge on any atom is 0.132 e. The van der Waals surface area contributed by atoms with Gasteiger partial charge in [0.15, 0.2) is 0 Å². The van der Waals surface area contributed by atoms with Gasteiger partial charge in [0, 0.05) is 49.9 Å². The summed E-state index contributed by atoms with van der Waals surface area (Å²) in [7, 11) is 1.63. The van der Waals surface area contributed by atoms with Gasteiger partial charge >= 0.3 is 0 Å². The summed E-state index contributed by atoms with van der Waals surface area (Å²) in [5.41, 5.74) is 8.79. The van der Waals surface area contributed by atoms with Crippen molar-refractivity contribution in [3.05, 3.63) is 47.4 Å². The number of anilines is 2. The molecule has 1 saturated heterocycles. The molecular weight excluding hydrogens is 406 g/mol. The third-order valence-corrected chi connectivity index (χ3v) is 5.25. The Balaban J connectivity index is 1.85. The molecule has 3 rings (SSSR count). The highest BCUT2D eigenvalue weighted by molar-refractivity contribution is 6.13. The van der Waals surface area contributed by atoms with Gasteiger partial charge in [0.25, 0.3) is 0 Å². The number of morpholine rings is 1. The maximum atomic E-state index is 8.77. The summed E-state index contributed by atoms with van der Waals surface area (Å²) >= 11 is 0. The smallest absolute Gasteiger partial charge is 0.132 e. The molecule has 3 unspecified atom stereocenters. The highest BCUT2D eigenvalue weighted by Gasteiger charge is 2.24. The molecule has 4 N–H and O–H groups in total. The molecule has 0 radical (unpaired) electrons. The van der Waals surface area contributed by atoms with E-state index in [1.165, 1.54) is 12.5 Å². The van der Waals surface area contributed by atoms with Crippen molar-refractivity contribution in [3.8, 4) is 0 Å². The van der Waals surface area contributed by atoms with E-state index in [-0.39, 0.29) is 23.8 Å². The topological polar surface area (TPSA) is 134 Å². The third-order valence-electron chi connectivity index (χ3n) is 5.25. The summed E-state index contributed by atoms with van der Waals surface area (Å²) in [4.78, 5) is 15.2. The van der Waals surface area contributed by atoms with Gasteiger partial charge in [-0.05, 0) is 31.5 Å². The highest BCUT2D eigenvalue weighted by atomic mass is 16.5. The number of nitrogens with zero attached hydrogens (tertiary/aromatic N) is 4. The largest absolute Gasteiger partial charge is 0.398 e. The number of methoxy groups -OCH3 is 1. The second-order valence-electron chi connectivity index (χ2n) is 7.89. The van der Waals surface area contributed by atoms with E-state index < -0.39 is 0 Å². The van der Waals surface area contributed by atoms with E-state index in [9.17, 15) is 0 Å². The molecule has 3 atom stereocenters. The van der Waals surface area contributed by atoms with E-state index in [2.05, 4.69) is 19.9 Å². The van der Waals surface area contributed by atoms with Gasteiger partial charge in [-0.25, -0.2) is 9.97 Å². The summed E-state index contributed by atoms with van der Waals surface area (Å²) < 4.78 is 10.8. The molecule has 2 aromatic rings. The van der Waals surface area contributed by atoms with Gasteiger partial charge in [0.1, 0.15) is 12.1 Å². The summed E-state index contributed by atoms with van der Waals surface area (Å²) in [6, 6.07) is 7.26. The first-order chi connectivity index (χ1) is 15.4. The molecule has 0 bridgehead atoms. The lowest BCUT2D eigenvalue weighted by atomic mass is 9.95. The van der Waals surface area contributed by atoms with Gasteiger partial charge in [-0.15, -0.1) is 0 Å². The van der Waals surface area contributed by atoms with Crippen molar-refractivity contribution in [3.63, 3.8) is 0 Å². The predicted molar refractivity (Wildman–Crippen MR) is 128 cm³/mol. The molecule has 0 saturated carbocycles. The van der Waals surface area contributed by atoms with Gasteiger partial charge in [-0.2, -0.15) is 0 Å². The normalized spacial score (nSPS) is 19.8. The molecule has 9 heteroatoms. The van der Waals surface area contributed by atoms with Gasteiger partial charge in [-0.1, -0.05) is 6.07 Å². The summed E-state index contributed by atoms with van der Waals surface area (Å²) in [5.74, 6) is 0.454. The molecule has 1 aliphatic rings. The Labute approximate surface area is 188 Å². The highest BCUT2D eigenvalue weighted by Crippen LogP contribution is 2.24. The molecule has 1 aliphatic heterocycles. The number of hydrogen-bond acceptors (Lipinski definition) is 9. The second kappa shape index (κ2) is 10.9. The van der Waals surface area contributed by atoms with Gasteiger partial charge < -0.3 is 25.5 Å². The van der Waals surface area contributed by atoms with Crippen LogP contribution < -0.4 is 10.6 Å². The fourth-order valence-corrected chi connectivity index (χ4v) is 3.71. The quantitative estimate of drug-likeness (QED) is 0.314. The van der Waals surface area contributed by atoms with Crippen molar-refractivity contribution in [2.24, 2.45) is 4.99 Å². The Morgan fingerprint density at radius 1 is 1.31 bits per heavy atom. The summed E-state index contributed by atoms with van der Waals surface area (Å²) in [6.45, 7) is 6.59. The average molecular weight is 438 g/mol. The number of aliphatic imine (C=N–C) groups is 1. The van der Waals surface area contributed by atoms with Crippen LogP contribution in [0.3, 0.4) is 0 Å². The second-order valence-corrected chi connectivity index (χ2v) is 7.89. The number of nitrogen functional groups attached to an aromatic ring is 1. The van der Waals surface area contributed by atoms with Crippen molar-refractivity contribution in [2.75, 3.05) is 44.0 Å². The first-order valence-corrected chi connectivity index (χ1v) is 10.6. The standard InChI is InChI=1S/C23H31N7O2/c1-15-12-30(13-16(2)32-15)22-9-21(28-14-29-22)23(26)19-8-17(4-5-20(19)25)18(10-24)11-27-6-7-31-3/h4-5,8-11,14-16,18,24,26H,6-7,12-13,25H2,1-3H3. The Morgan fingerprint density at radius 3 is 2.75 bits per heavy atom. The van der Waals surface area contributed by atoms with Crippen LogP contribution in [0.25, 0.3) is 0 Å². The molecule has 1 fully saturated rings. The van der Waals surface area contributed by atoms with E-state index in [4.69, 9.17) is 26.0 Å². The monoisotopic (exact) mass is 437 g/mol. The number of ether oxygens (including phenoxy) is 2. The fourth-order valence-electron chi connectivity index (χ4n) is 3.71. The van der Waals surface area contributed by atoms with Crippen LogP contribution in [0.4, 0.5) is 11.5 Å². The van der Waals surface area contributed by atoms with Crippen molar-refractivity contribution in [1.29, 1.82) is 10.8 Å². The minimum absolute atomic E-state index is 0.104. The number of aromatic nitrogens is 2. The minimum atomic E-state index is -0.309. The minimum Gasteiger partial charge on any atom is -0.398 e. The van der Waals surface area contributed by atoms with E-state index in [1.807, 2.05) is 32.0 Å². The molecule has 2 heterocycles. The SMILES string of the molecule is COCCN=CC(C=N)c1ccc(N)c(C(=N)c2cc(N3CC(C)OC(C)C3)ncn2)c1. The summed E-state index contributed by atoms with van der Waals surface area (Å²) in [5, 5.41) is 16.5. The van der Waals surface area contributed by atoms with E-state index in [1.54, 1.807) is 19.4 Å². The molecule has 0 amide bonds. The lowest BCUT2D eigenvalue weighted by Crippen LogP contribution is -2.45. The molecule has 1 aromatic heterocycles. The van der Waals surface area contributed by atoms with Crippen molar-refractivity contribution < 1.29 is 9.47 Å². The van der Waals surface area contributed by atoms with Crippen LogP contribution in [0.2, 0.25) is 0 Å². The van der Waals surface area contributed by atoms with Crippen LogP contribution >= 0.6 is 0 Å².